The number of amides is 2. The summed E-state index contributed by atoms with van der Waals surface area (Å²) in [4.78, 5) is 32.4. The van der Waals surface area contributed by atoms with Gasteiger partial charge in [0.2, 0.25) is 5.91 Å². The maximum Gasteiger partial charge on any atom is 0.272 e. The molecule has 2 amide bonds. The number of carbonyl (C=O) groups is 2. The Morgan fingerprint density at radius 2 is 2.03 bits per heavy atom. The van der Waals surface area contributed by atoms with Gasteiger partial charge in [0.05, 0.1) is 0 Å². The van der Waals surface area contributed by atoms with E-state index in [1.807, 2.05) is 16.9 Å². The van der Waals surface area contributed by atoms with Gasteiger partial charge in [-0.1, -0.05) is 19.9 Å². The summed E-state index contributed by atoms with van der Waals surface area (Å²) in [6.45, 7) is 8.33. The van der Waals surface area contributed by atoms with Crippen molar-refractivity contribution >= 4 is 11.8 Å². The number of pyridine rings is 1. The molecule has 1 aliphatic carbocycles. The zero-order valence-electron chi connectivity index (χ0n) is 20.6. The minimum Gasteiger partial charge on any atom is -0.353 e. The third-order valence-electron chi connectivity index (χ3n) is 6.79. The number of fused-ring (bicyclic) bond motifs is 1. The van der Waals surface area contributed by atoms with E-state index in [1.165, 1.54) is 5.69 Å². The SMILES string of the molecule is CC(C)CCn1nc2c3c1CCC(C3)NC(=O)CCCN(Cc1cccnc1)CCCNC2=O. The van der Waals surface area contributed by atoms with E-state index < -0.39 is 0 Å². The Balaban J connectivity index is 1.49. The van der Waals surface area contributed by atoms with Crippen LogP contribution in [0.25, 0.3) is 0 Å². The van der Waals surface area contributed by atoms with Gasteiger partial charge in [-0.2, -0.15) is 5.10 Å². The molecule has 1 aliphatic heterocycles. The van der Waals surface area contributed by atoms with Gasteiger partial charge in [-0.15, -0.1) is 0 Å². The van der Waals surface area contributed by atoms with Gasteiger partial charge >= 0.3 is 0 Å². The Labute approximate surface area is 202 Å². The highest BCUT2D eigenvalue weighted by molar-refractivity contribution is 5.94. The topological polar surface area (TPSA) is 92.2 Å². The van der Waals surface area contributed by atoms with Gasteiger partial charge in [0, 0.05) is 62.3 Å². The van der Waals surface area contributed by atoms with Crippen LogP contribution < -0.4 is 10.6 Å². The average molecular weight is 467 g/mol. The van der Waals surface area contributed by atoms with Gasteiger partial charge in [-0.05, 0) is 62.6 Å². The largest absolute Gasteiger partial charge is 0.353 e. The quantitative estimate of drug-likeness (QED) is 0.707. The standard InChI is InChI=1S/C26H38N6O2/c1-19(2)10-15-32-23-9-8-21-16-22(23)25(30-32)26(34)28-12-5-14-31(13-4-7-24(33)29-21)18-20-6-3-11-27-17-20/h3,6,11,17,19,21H,4-5,7-10,12-16,18H2,1-2H3,(H,28,34)(H,29,33). The van der Waals surface area contributed by atoms with Crippen molar-refractivity contribution in [1.82, 2.24) is 30.3 Å². The van der Waals surface area contributed by atoms with Crippen molar-refractivity contribution in [3.63, 3.8) is 0 Å². The highest BCUT2D eigenvalue weighted by atomic mass is 16.2. The maximum atomic E-state index is 13.1. The summed E-state index contributed by atoms with van der Waals surface area (Å²) in [5.74, 6) is 0.580. The molecule has 1 unspecified atom stereocenters. The number of nitrogens with zero attached hydrogens (tertiary/aromatic N) is 4. The van der Waals surface area contributed by atoms with E-state index in [4.69, 9.17) is 5.10 Å². The summed E-state index contributed by atoms with van der Waals surface area (Å²) in [5.41, 5.74) is 3.89. The monoisotopic (exact) mass is 466 g/mol. The van der Waals surface area contributed by atoms with Crippen LogP contribution in [0.2, 0.25) is 0 Å². The zero-order chi connectivity index (χ0) is 23.9. The lowest BCUT2D eigenvalue weighted by Crippen LogP contribution is -2.39. The van der Waals surface area contributed by atoms with E-state index in [-0.39, 0.29) is 17.9 Å². The lowest BCUT2D eigenvalue weighted by atomic mass is 9.91. The number of nitrogens with one attached hydrogen (secondary N) is 2. The fraction of sp³-hybridized carbons (Fsp3) is 0.615. The Bertz CT molecular complexity index is 971. The van der Waals surface area contributed by atoms with Gasteiger partial charge in [-0.3, -0.25) is 24.2 Å². The van der Waals surface area contributed by atoms with Crippen molar-refractivity contribution in [1.29, 1.82) is 0 Å². The second-order valence-electron chi connectivity index (χ2n) is 10.0. The smallest absolute Gasteiger partial charge is 0.272 e. The summed E-state index contributed by atoms with van der Waals surface area (Å²) in [6.07, 6.45) is 9.29. The van der Waals surface area contributed by atoms with Crippen LogP contribution in [0.5, 0.6) is 0 Å². The Kier molecular flexibility index (Phi) is 8.32. The van der Waals surface area contributed by atoms with E-state index >= 15 is 0 Å². The number of aryl methyl sites for hydroxylation is 1. The second kappa shape index (κ2) is 11.6. The van der Waals surface area contributed by atoms with E-state index in [0.717, 1.165) is 69.4 Å². The first-order valence-electron chi connectivity index (χ1n) is 12.8. The first-order valence-corrected chi connectivity index (χ1v) is 12.8. The van der Waals surface area contributed by atoms with Crippen LogP contribution in [0.3, 0.4) is 0 Å². The molecule has 3 heterocycles. The molecule has 4 rings (SSSR count). The minimum atomic E-state index is -0.0970. The van der Waals surface area contributed by atoms with Crippen molar-refractivity contribution < 1.29 is 9.59 Å². The molecular formula is C26H38N6O2. The highest BCUT2D eigenvalue weighted by Gasteiger charge is 2.30. The Hall–Kier alpha value is -2.74. The van der Waals surface area contributed by atoms with E-state index in [1.54, 1.807) is 6.20 Å². The molecule has 0 saturated heterocycles. The maximum absolute atomic E-state index is 13.1. The highest BCUT2D eigenvalue weighted by Crippen LogP contribution is 2.26. The fourth-order valence-corrected chi connectivity index (χ4v) is 4.93. The minimum absolute atomic E-state index is 0.0610. The summed E-state index contributed by atoms with van der Waals surface area (Å²) in [6, 6.07) is 4.09. The molecule has 34 heavy (non-hydrogen) atoms. The molecule has 0 spiro atoms. The summed E-state index contributed by atoms with van der Waals surface area (Å²) in [7, 11) is 0. The lowest BCUT2D eigenvalue weighted by Gasteiger charge is -2.25. The molecule has 184 valence electrons. The molecule has 0 fully saturated rings. The number of hydrogen-bond donors (Lipinski definition) is 2. The fourth-order valence-electron chi connectivity index (χ4n) is 4.93. The molecule has 2 aromatic rings. The molecule has 2 bridgehead atoms. The van der Waals surface area contributed by atoms with Crippen LogP contribution in [0.15, 0.2) is 24.5 Å². The van der Waals surface area contributed by atoms with Crippen LogP contribution in [-0.2, 0) is 30.7 Å². The molecule has 0 aromatic carbocycles. The summed E-state index contributed by atoms with van der Waals surface area (Å²) < 4.78 is 2.04. The van der Waals surface area contributed by atoms with Crippen molar-refractivity contribution in [2.24, 2.45) is 5.92 Å². The van der Waals surface area contributed by atoms with Gasteiger partial charge < -0.3 is 10.6 Å². The number of rotatable bonds is 5. The molecular weight excluding hydrogens is 428 g/mol. The Morgan fingerprint density at radius 1 is 1.18 bits per heavy atom. The molecule has 0 radical (unpaired) electrons. The molecule has 2 N–H and O–H groups in total. The third kappa shape index (κ3) is 6.44. The van der Waals surface area contributed by atoms with Crippen LogP contribution >= 0.6 is 0 Å². The van der Waals surface area contributed by atoms with Crippen molar-refractivity contribution in [3.05, 3.63) is 47.0 Å². The van der Waals surface area contributed by atoms with Gasteiger partial charge in [-0.25, -0.2) is 0 Å². The molecule has 8 heteroatoms. The predicted molar refractivity (Wildman–Crippen MR) is 131 cm³/mol. The normalized spacial score (nSPS) is 20.4. The van der Waals surface area contributed by atoms with E-state index in [9.17, 15) is 9.59 Å². The van der Waals surface area contributed by atoms with Crippen molar-refractivity contribution in [2.45, 2.75) is 77.9 Å². The molecule has 8 nitrogen and oxygen atoms in total. The summed E-state index contributed by atoms with van der Waals surface area (Å²) >= 11 is 0. The van der Waals surface area contributed by atoms with Gasteiger partial charge in [0.15, 0.2) is 5.69 Å². The first kappa shape index (κ1) is 24.4. The number of carbonyl (C=O) groups excluding carboxylic acids is 2. The third-order valence-corrected chi connectivity index (χ3v) is 6.79. The van der Waals surface area contributed by atoms with Gasteiger partial charge in [0.25, 0.3) is 5.91 Å². The molecule has 1 atom stereocenters. The summed E-state index contributed by atoms with van der Waals surface area (Å²) in [5, 5.41) is 11.1. The first-order chi connectivity index (χ1) is 16.5. The van der Waals surface area contributed by atoms with Crippen LogP contribution in [-0.4, -0.2) is 57.2 Å². The molecule has 2 aromatic heterocycles. The molecule has 0 saturated carbocycles. The van der Waals surface area contributed by atoms with Crippen LogP contribution in [0, 0.1) is 5.92 Å². The Morgan fingerprint density at radius 3 is 2.82 bits per heavy atom. The second-order valence-corrected chi connectivity index (χ2v) is 10.0. The van der Waals surface area contributed by atoms with E-state index in [0.29, 0.717) is 31.0 Å². The van der Waals surface area contributed by atoms with Crippen LogP contribution in [0.4, 0.5) is 0 Å². The number of hydrogen-bond acceptors (Lipinski definition) is 5. The predicted octanol–water partition coefficient (Wildman–Crippen LogP) is 2.71. The lowest BCUT2D eigenvalue weighted by molar-refractivity contribution is -0.122. The van der Waals surface area contributed by atoms with Crippen LogP contribution in [0.1, 0.15) is 73.3 Å². The van der Waals surface area contributed by atoms with Crippen molar-refractivity contribution in [3.8, 4) is 0 Å². The molecule has 2 aliphatic rings. The zero-order valence-corrected chi connectivity index (χ0v) is 20.6. The van der Waals surface area contributed by atoms with E-state index in [2.05, 4.69) is 40.4 Å². The average Bonchev–Trinajstić information content (AvgIpc) is 3.18. The van der Waals surface area contributed by atoms with Crippen molar-refractivity contribution in [2.75, 3.05) is 19.6 Å². The van der Waals surface area contributed by atoms with Gasteiger partial charge in [0.1, 0.15) is 0 Å². The number of aromatic nitrogens is 3.